The lowest BCUT2D eigenvalue weighted by Gasteiger charge is -2.32. The van der Waals surface area contributed by atoms with Gasteiger partial charge in [-0.2, -0.15) is 0 Å². The molecule has 2 rings (SSSR count). The lowest BCUT2D eigenvalue weighted by Crippen LogP contribution is -2.37. The van der Waals surface area contributed by atoms with Crippen molar-refractivity contribution in [2.45, 2.75) is 57.9 Å². The maximum Gasteiger partial charge on any atom is 0.248 e. The van der Waals surface area contributed by atoms with Crippen molar-refractivity contribution in [2.75, 3.05) is 0 Å². The Balaban J connectivity index is 1.98. The third-order valence-corrected chi connectivity index (χ3v) is 4.33. The van der Waals surface area contributed by atoms with Crippen molar-refractivity contribution in [2.24, 2.45) is 11.7 Å². The van der Waals surface area contributed by atoms with Gasteiger partial charge in [0.2, 0.25) is 5.92 Å². The van der Waals surface area contributed by atoms with Crippen molar-refractivity contribution in [3.05, 3.63) is 34.9 Å². The van der Waals surface area contributed by atoms with Gasteiger partial charge in [0.05, 0.1) is 0 Å². The minimum absolute atomic E-state index is 0.00182. The molecule has 0 aromatic heterocycles. The normalized spacial score (nSPS) is 21.3. The number of alkyl halides is 2. The molecule has 1 nitrogen and oxygen atoms in total. The van der Waals surface area contributed by atoms with Crippen molar-refractivity contribution in [1.82, 2.24) is 0 Å². The molecule has 2 N–H and O–H groups in total. The van der Waals surface area contributed by atoms with Crippen LogP contribution in [0.5, 0.6) is 0 Å². The van der Waals surface area contributed by atoms with E-state index in [0.29, 0.717) is 12.8 Å². The molecule has 1 unspecified atom stereocenters. The average molecular weight is 267 g/mol. The number of hydrogen-bond acceptors (Lipinski definition) is 1. The molecule has 1 atom stereocenters. The molecule has 0 saturated heterocycles. The summed E-state index contributed by atoms with van der Waals surface area (Å²) in [7, 11) is 0. The quantitative estimate of drug-likeness (QED) is 0.880. The molecule has 0 spiro atoms. The summed E-state index contributed by atoms with van der Waals surface area (Å²) in [6.45, 7) is 4.14. The van der Waals surface area contributed by atoms with Gasteiger partial charge in [-0.25, -0.2) is 8.78 Å². The van der Waals surface area contributed by atoms with Gasteiger partial charge in [0, 0.05) is 18.9 Å². The van der Waals surface area contributed by atoms with E-state index in [9.17, 15) is 8.78 Å². The van der Waals surface area contributed by atoms with Crippen LogP contribution in [-0.4, -0.2) is 12.0 Å². The third-order valence-electron chi connectivity index (χ3n) is 4.33. The highest BCUT2D eigenvalue weighted by molar-refractivity contribution is 5.31. The first-order valence-electron chi connectivity index (χ1n) is 7.07. The van der Waals surface area contributed by atoms with Crippen molar-refractivity contribution in [3.63, 3.8) is 0 Å². The molecule has 1 aromatic carbocycles. The highest BCUT2D eigenvalue weighted by Crippen LogP contribution is 2.37. The number of aryl methyl sites for hydroxylation is 2. The van der Waals surface area contributed by atoms with E-state index in [1.165, 1.54) is 16.7 Å². The second-order valence-corrected chi connectivity index (χ2v) is 5.99. The summed E-state index contributed by atoms with van der Waals surface area (Å²) in [6.07, 6.45) is 1.90. The Morgan fingerprint density at radius 1 is 1.26 bits per heavy atom. The van der Waals surface area contributed by atoms with Gasteiger partial charge in [-0.3, -0.25) is 0 Å². The van der Waals surface area contributed by atoms with Gasteiger partial charge < -0.3 is 5.73 Å². The van der Waals surface area contributed by atoms with Crippen molar-refractivity contribution in [1.29, 1.82) is 0 Å². The molecular formula is C16H23F2N. The molecular weight excluding hydrogens is 244 g/mol. The second kappa shape index (κ2) is 5.58. The summed E-state index contributed by atoms with van der Waals surface area (Å²) in [6, 6.07) is 6.35. The van der Waals surface area contributed by atoms with Crippen LogP contribution in [0.2, 0.25) is 0 Å². The molecule has 0 radical (unpaired) electrons. The highest BCUT2D eigenvalue weighted by Gasteiger charge is 2.36. The Morgan fingerprint density at radius 2 is 1.89 bits per heavy atom. The van der Waals surface area contributed by atoms with Gasteiger partial charge in [-0.05, 0) is 50.2 Å². The van der Waals surface area contributed by atoms with E-state index in [0.717, 1.165) is 6.42 Å². The lowest BCUT2D eigenvalue weighted by molar-refractivity contribution is -0.0481. The zero-order valence-corrected chi connectivity index (χ0v) is 11.8. The zero-order chi connectivity index (χ0) is 14.0. The average Bonchev–Trinajstić information content (AvgIpc) is 2.33. The van der Waals surface area contributed by atoms with Gasteiger partial charge in [-0.1, -0.05) is 23.8 Å². The van der Waals surface area contributed by atoms with Crippen LogP contribution < -0.4 is 5.73 Å². The molecule has 0 aliphatic heterocycles. The number of benzene rings is 1. The van der Waals surface area contributed by atoms with Gasteiger partial charge in [0.15, 0.2) is 0 Å². The SMILES string of the molecule is Cc1ccc(C)c(CC(N)C2CCC(F)(F)CC2)c1. The lowest BCUT2D eigenvalue weighted by atomic mass is 9.80. The Hall–Kier alpha value is -0.960. The number of halogens is 2. The van der Waals surface area contributed by atoms with Crippen LogP contribution in [0.3, 0.4) is 0 Å². The third kappa shape index (κ3) is 3.75. The maximum atomic E-state index is 13.1. The number of rotatable bonds is 3. The number of nitrogens with two attached hydrogens (primary N) is 1. The fourth-order valence-electron chi connectivity index (χ4n) is 2.93. The minimum atomic E-state index is -2.46. The fraction of sp³-hybridized carbons (Fsp3) is 0.625. The Bertz CT molecular complexity index is 432. The van der Waals surface area contributed by atoms with Crippen LogP contribution in [0, 0.1) is 19.8 Å². The zero-order valence-electron chi connectivity index (χ0n) is 11.8. The first kappa shape index (κ1) is 14.4. The van der Waals surface area contributed by atoms with E-state index in [2.05, 4.69) is 32.0 Å². The van der Waals surface area contributed by atoms with Gasteiger partial charge in [-0.15, -0.1) is 0 Å². The van der Waals surface area contributed by atoms with E-state index in [1.807, 2.05) is 0 Å². The van der Waals surface area contributed by atoms with E-state index in [4.69, 9.17) is 5.73 Å². The van der Waals surface area contributed by atoms with E-state index in [1.54, 1.807) is 0 Å². The molecule has 3 heteroatoms. The first-order chi connectivity index (χ1) is 8.87. The maximum absolute atomic E-state index is 13.1. The van der Waals surface area contributed by atoms with Crippen LogP contribution >= 0.6 is 0 Å². The summed E-state index contributed by atoms with van der Waals surface area (Å²) < 4.78 is 26.3. The molecule has 1 fully saturated rings. The predicted octanol–water partition coefficient (Wildman–Crippen LogP) is 4.00. The molecule has 1 saturated carbocycles. The topological polar surface area (TPSA) is 26.0 Å². The summed E-state index contributed by atoms with van der Waals surface area (Å²) in [5.41, 5.74) is 9.96. The molecule has 19 heavy (non-hydrogen) atoms. The molecule has 1 aliphatic rings. The van der Waals surface area contributed by atoms with Crippen molar-refractivity contribution >= 4 is 0 Å². The smallest absolute Gasteiger partial charge is 0.248 e. The Kier molecular flexibility index (Phi) is 4.24. The summed E-state index contributed by atoms with van der Waals surface area (Å²) in [5.74, 6) is -2.23. The van der Waals surface area contributed by atoms with Crippen molar-refractivity contribution < 1.29 is 8.78 Å². The first-order valence-corrected chi connectivity index (χ1v) is 7.07. The van der Waals surface area contributed by atoms with Crippen molar-refractivity contribution in [3.8, 4) is 0 Å². The standard InChI is InChI=1S/C16H23F2N/c1-11-3-4-12(2)14(9-11)10-15(19)13-5-7-16(17,18)8-6-13/h3-4,9,13,15H,5-8,10,19H2,1-2H3. The van der Waals surface area contributed by atoms with Crippen LogP contribution in [0.4, 0.5) is 8.78 Å². The number of hydrogen-bond donors (Lipinski definition) is 1. The molecule has 0 heterocycles. The fourth-order valence-corrected chi connectivity index (χ4v) is 2.93. The van der Waals surface area contributed by atoms with E-state index in [-0.39, 0.29) is 24.8 Å². The monoisotopic (exact) mass is 267 g/mol. The predicted molar refractivity (Wildman–Crippen MR) is 74.5 cm³/mol. The molecule has 1 aromatic rings. The van der Waals surface area contributed by atoms with Crippen LogP contribution in [-0.2, 0) is 6.42 Å². The molecule has 0 bridgehead atoms. The molecule has 106 valence electrons. The molecule has 0 amide bonds. The summed E-state index contributed by atoms with van der Waals surface area (Å²) in [4.78, 5) is 0. The largest absolute Gasteiger partial charge is 0.327 e. The molecule has 1 aliphatic carbocycles. The Labute approximate surface area is 114 Å². The van der Waals surface area contributed by atoms with Crippen LogP contribution in [0.15, 0.2) is 18.2 Å². The van der Waals surface area contributed by atoms with Gasteiger partial charge in [0.25, 0.3) is 0 Å². The van der Waals surface area contributed by atoms with Crippen LogP contribution in [0.25, 0.3) is 0 Å². The highest BCUT2D eigenvalue weighted by atomic mass is 19.3. The van der Waals surface area contributed by atoms with Gasteiger partial charge in [0.1, 0.15) is 0 Å². The van der Waals surface area contributed by atoms with Crippen LogP contribution in [0.1, 0.15) is 42.4 Å². The van der Waals surface area contributed by atoms with E-state index >= 15 is 0 Å². The second-order valence-electron chi connectivity index (χ2n) is 5.99. The van der Waals surface area contributed by atoms with Gasteiger partial charge >= 0.3 is 0 Å². The minimum Gasteiger partial charge on any atom is -0.327 e. The Morgan fingerprint density at radius 3 is 2.53 bits per heavy atom. The summed E-state index contributed by atoms with van der Waals surface area (Å²) in [5, 5.41) is 0. The van der Waals surface area contributed by atoms with E-state index < -0.39 is 5.92 Å². The summed E-state index contributed by atoms with van der Waals surface area (Å²) >= 11 is 0.